The minimum Gasteiger partial charge on any atom is -0.327 e. The SMILES string of the molecule is NC1CCCN(Cc2nc3ccccc3[nH]c2=O)C1. The highest BCUT2D eigenvalue weighted by atomic mass is 16.1. The molecule has 0 amide bonds. The van der Waals surface area contributed by atoms with Crippen LogP contribution in [-0.4, -0.2) is 34.0 Å². The van der Waals surface area contributed by atoms with Crippen molar-refractivity contribution in [2.75, 3.05) is 13.1 Å². The van der Waals surface area contributed by atoms with E-state index in [0.717, 1.165) is 37.0 Å². The number of nitrogens with zero attached hydrogens (tertiary/aromatic N) is 2. The van der Waals surface area contributed by atoms with Crippen LogP contribution in [0.15, 0.2) is 29.1 Å². The Morgan fingerprint density at radius 3 is 3.11 bits per heavy atom. The lowest BCUT2D eigenvalue weighted by Gasteiger charge is -2.30. The molecule has 19 heavy (non-hydrogen) atoms. The topological polar surface area (TPSA) is 75.0 Å². The van der Waals surface area contributed by atoms with Crippen LogP contribution in [0.3, 0.4) is 0 Å². The number of piperidine rings is 1. The standard InChI is InChI=1S/C14H18N4O/c15-10-4-3-7-18(8-10)9-13-14(19)17-12-6-2-1-5-11(12)16-13/h1-2,5-6,10H,3-4,7-9,15H2,(H,17,19). The summed E-state index contributed by atoms with van der Waals surface area (Å²) < 4.78 is 0. The second-order valence-electron chi connectivity index (χ2n) is 5.17. The van der Waals surface area contributed by atoms with Gasteiger partial charge in [0.2, 0.25) is 0 Å². The summed E-state index contributed by atoms with van der Waals surface area (Å²) in [5.74, 6) is 0. The van der Waals surface area contributed by atoms with E-state index in [-0.39, 0.29) is 11.6 Å². The summed E-state index contributed by atoms with van der Waals surface area (Å²) >= 11 is 0. The van der Waals surface area contributed by atoms with Gasteiger partial charge in [0.05, 0.1) is 11.0 Å². The number of benzene rings is 1. The van der Waals surface area contributed by atoms with Crippen molar-refractivity contribution in [3.63, 3.8) is 0 Å². The van der Waals surface area contributed by atoms with E-state index in [1.165, 1.54) is 0 Å². The molecular weight excluding hydrogens is 240 g/mol. The molecule has 3 N–H and O–H groups in total. The molecule has 100 valence electrons. The number of hydrogen-bond acceptors (Lipinski definition) is 4. The Bertz CT molecular complexity index is 637. The number of H-pyrrole nitrogens is 1. The third-order valence-electron chi connectivity index (χ3n) is 3.59. The first-order chi connectivity index (χ1) is 9.22. The minimum absolute atomic E-state index is 0.0992. The van der Waals surface area contributed by atoms with Gasteiger partial charge in [0, 0.05) is 19.1 Å². The predicted molar refractivity (Wildman–Crippen MR) is 74.9 cm³/mol. The van der Waals surface area contributed by atoms with Crippen molar-refractivity contribution in [3.8, 4) is 0 Å². The Hall–Kier alpha value is -1.72. The van der Waals surface area contributed by atoms with Crippen LogP contribution in [0.1, 0.15) is 18.5 Å². The van der Waals surface area contributed by atoms with Gasteiger partial charge in [-0.15, -0.1) is 0 Å². The van der Waals surface area contributed by atoms with E-state index in [1.54, 1.807) is 0 Å². The predicted octanol–water partition coefficient (Wildman–Crippen LogP) is 0.846. The Morgan fingerprint density at radius 1 is 1.42 bits per heavy atom. The fourth-order valence-corrected chi connectivity index (χ4v) is 2.62. The fourth-order valence-electron chi connectivity index (χ4n) is 2.62. The van der Waals surface area contributed by atoms with Gasteiger partial charge in [-0.2, -0.15) is 0 Å². The maximum absolute atomic E-state index is 12.0. The molecule has 0 spiro atoms. The second-order valence-corrected chi connectivity index (χ2v) is 5.17. The lowest BCUT2D eigenvalue weighted by atomic mass is 10.1. The number of nitrogens with two attached hydrogens (primary N) is 1. The fraction of sp³-hybridized carbons (Fsp3) is 0.429. The number of para-hydroxylation sites is 2. The highest BCUT2D eigenvalue weighted by molar-refractivity contribution is 5.73. The summed E-state index contributed by atoms with van der Waals surface area (Å²) in [6.45, 7) is 2.41. The first-order valence-corrected chi connectivity index (χ1v) is 6.68. The summed E-state index contributed by atoms with van der Waals surface area (Å²) in [5.41, 5.74) is 8.05. The van der Waals surface area contributed by atoms with Gasteiger partial charge in [-0.25, -0.2) is 4.98 Å². The lowest BCUT2D eigenvalue weighted by Crippen LogP contribution is -2.43. The maximum Gasteiger partial charge on any atom is 0.271 e. The molecule has 1 aromatic heterocycles. The molecule has 0 saturated carbocycles. The lowest BCUT2D eigenvalue weighted by molar-refractivity contribution is 0.199. The van der Waals surface area contributed by atoms with Gasteiger partial charge >= 0.3 is 0 Å². The molecule has 5 nitrogen and oxygen atoms in total. The summed E-state index contributed by atoms with van der Waals surface area (Å²) in [6.07, 6.45) is 2.16. The van der Waals surface area contributed by atoms with E-state index in [9.17, 15) is 4.79 Å². The van der Waals surface area contributed by atoms with Gasteiger partial charge in [0.1, 0.15) is 5.69 Å². The third-order valence-corrected chi connectivity index (χ3v) is 3.59. The van der Waals surface area contributed by atoms with Crippen molar-refractivity contribution in [1.29, 1.82) is 0 Å². The van der Waals surface area contributed by atoms with E-state index in [1.807, 2.05) is 24.3 Å². The zero-order valence-electron chi connectivity index (χ0n) is 10.8. The van der Waals surface area contributed by atoms with Crippen LogP contribution < -0.4 is 11.3 Å². The molecule has 1 saturated heterocycles. The molecule has 2 heterocycles. The normalized spacial score (nSPS) is 20.8. The number of rotatable bonds is 2. The number of fused-ring (bicyclic) bond motifs is 1. The van der Waals surface area contributed by atoms with Crippen LogP contribution in [0.25, 0.3) is 11.0 Å². The highest BCUT2D eigenvalue weighted by Crippen LogP contribution is 2.11. The molecule has 5 heteroatoms. The van der Waals surface area contributed by atoms with Crippen molar-refractivity contribution in [2.24, 2.45) is 5.73 Å². The molecule has 1 unspecified atom stereocenters. The molecule has 0 radical (unpaired) electrons. The van der Waals surface area contributed by atoms with Gasteiger partial charge in [-0.05, 0) is 31.5 Å². The minimum atomic E-state index is -0.0992. The summed E-state index contributed by atoms with van der Waals surface area (Å²) in [7, 11) is 0. The van der Waals surface area contributed by atoms with Crippen molar-refractivity contribution < 1.29 is 0 Å². The Morgan fingerprint density at radius 2 is 2.26 bits per heavy atom. The van der Waals surface area contributed by atoms with Crippen LogP contribution >= 0.6 is 0 Å². The number of aromatic nitrogens is 2. The van der Waals surface area contributed by atoms with Crippen molar-refractivity contribution in [2.45, 2.75) is 25.4 Å². The number of nitrogens with one attached hydrogen (secondary N) is 1. The van der Waals surface area contributed by atoms with E-state index < -0.39 is 0 Å². The highest BCUT2D eigenvalue weighted by Gasteiger charge is 2.18. The number of aromatic amines is 1. The summed E-state index contributed by atoms with van der Waals surface area (Å²) in [4.78, 5) is 21.6. The number of hydrogen-bond donors (Lipinski definition) is 2. The van der Waals surface area contributed by atoms with Crippen molar-refractivity contribution in [3.05, 3.63) is 40.3 Å². The van der Waals surface area contributed by atoms with Crippen LogP contribution in [0.2, 0.25) is 0 Å². The van der Waals surface area contributed by atoms with Crippen molar-refractivity contribution >= 4 is 11.0 Å². The average Bonchev–Trinajstić information content (AvgIpc) is 2.40. The van der Waals surface area contributed by atoms with E-state index in [0.29, 0.717) is 12.2 Å². The van der Waals surface area contributed by atoms with Crippen LogP contribution in [-0.2, 0) is 6.54 Å². The molecule has 0 aliphatic carbocycles. The van der Waals surface area contributed by atoms with E-state index >= 15 is 0 Å². The second kappa shape index (κ2) is 5.11. The molecule has 1 aliphatic heterocycles. The van der Waals surface area contributed by atoms with Gasteiger partial charge in [-0.3, -0.25) is 9.69 Å². The molecule has 1 atom stereocenters. The van der Waals surface area contributed by atoms with Gasteiger partial charge < -0.3 is 10.7 Å². The zero-order valence-corrected chi connectivity index (χ0v) is 10.8. The number of likely N-dealkylation sites (tertiary alicyclic amines) is 1. The monoisotopic (exact) mass is 258 g/mol. The quantitative estimate of drug-likeness (QED) is 0.837. The molecule has 2 aromatic rings. The van der Waals surface area contributed by atoms with E-state index in [2.05, 4.69) is 14.9 Å². The Labute approximate surface area is 111 Å². The van der Waals surface area contributed by atoms with Crippen LogP contribution in [0, 0.1) is 0 Å². The molecule has 3 rings (SSSR count). The summed E-state index contributed by atoms with van der Waals surface area (Å²) in [6, 6.07) is 7.81. The van der Waals surface area contributed by atoms with Crippen LogP contribution in [0.5, 0.6) is 0 Å². The van der Waals surface area contributed by atoms with Gasteiger partial charge in [-0.1, -0.05) is 12.1 Å². The average molecular weight is 258 g/mol. The van der Waals surface area contributed by atoms with E-state index in [4.69, 9.17) is 5.73 Å². The first-order valence-electron chi connectivity index (χ1n) is 6.68. The smallest absolute Gasteiger partial charge is 0.271 e. The molecule has 1 fully saturated rings. The summed E-state index contributed by atoms with van der Waals surface area (Å²) in [5, 5.41) is 0. The third kappa shape index (κ3) is 2.67. The largest absolute Gasteiger partial charge is 0.327 e. The molecular formula is C14H18N4O. The van der Waals surface area contributed by atoms with Gasteiger partial charge in [0.25, 0.3) is 5.56 Å². The molecule has 1 aromatic carbocycles. The van der Waals surface area contributed by atoms with Crippen molar-refractivity contribution in [1.82, 2.24) is 14.9 Å². The Kier molecular flexibility index (Phi) is 3.31. The maximum atomic E-state index is 12.0. The van der Waals surface area contributed by atoms with Gasteiger partial charge in [0.15, 0.2) is 0 Å². The molecule has 1 aliphatic rings. The Balaban J connectivity index is 1.88. The molecule has 0 bridgehead atoms. The zero-order chi connectivity index (χ0) is 13.2. The first kappa shape index (κ1) is 12.3. The van der Waals surface area contributed by atoms with Crippen LogP contribution in [0.4, 0.5) is 0 Å².